The third-order valence-corrected chi connectivity index (χ3v) is 6.16. The molecule has 0 radical (unpaired) electrons. The highest BCUT2D eigenvalue weighted by molar-refractivity contribution is 8.18. The molecule has 1 aliphatic rings. The second-order valence-corrected chi connectivity index (χ2v) is 8.88. The number of amides is 2. The van der Waals surface area contributed by atoms with Crippen molar-refractivity contribution in [1.82, 2.24) is 4.90 Å². The predicted molar refractivity (Wildman–Crippen MR) is 131 cm³/mol. The largest absolute Gasteiger partial charge is 0.490 e. The first-order chi connectivity index (χ1) is 16.4. The Kier molecular flexibility index (Phi) is 7.55. The summed E-state index contributed by atoms with van der Waals surface area (Å²) in [6, 6.07) is 18.4. The smallest absolute Gasteiger partial charge is 0.293 e. The Labute approximate surface area is 206 Å². The fourth-order valence-electron chi connectivity index (χ4n) is 3.30. The fourth-order valence-corrected chi connectivity index (χ4v) is 4.27. The van der Waals surface area contributed by atoms with Crippen LogP contribution in [0.25, 0.3) is 6.08 Å². The SMILES string of the molecule is CCOc1cc(/C=C2\SC(=O)N(Cc3ccc(Cl)cc3)C2=O)ccc1OCc1ccc(F)cc1. The topological polar surface area (TPSA) is 55.8 Å². The molecule has 0 aliphatic carbocycles. The van der Waals surface area contributed by atoms with Crippen LogP contribution >= 0.6 is 23.4 Å². The van der Waals surface area contributed by atoms with E-state index in [9.17, 15) is 14.0 Å². The van der Waals surface area contributed by atoms with Gasteiger partial charge in [-0.2, -0.15) is 0 Å². The fraction of sp³-hybridized carbons (Fsp3) is 0.154. The lowest BCUT2D eigenvalue weighted by Gasteiger charge is -2.13. The molecule has 2 amide bonds. The number of imide groups is 1. The number of carbonyl (C=O) groups is 2. The quantitative estimate of drug-likeness (QED) is 0.324. The van der Waals surface area contributed by atoms with Crippen LogP contribution in [0.15, 0.2) is 71.6 Å². The maximum atomic E-state index is 13.1. The number of ether oxygens (including phenoxy) is 2. The Hall–Kier alpha value is -3.29. The van der Waals surface area contributed by atoms with Gasteiger partial charge in [0.15, 0.2) is 11.5 Å². The van der Waals surface area contributed by atoms with Crippen molar-refractivity contribution in [2.45, 2.75) is 20.1 Å². The Bertz CT molecular complexity index is 1230. The minimum atomic E-state index is -0.348. The highest BCUT2D eigenvalue weighted by Crippen LogP contribution is 2.35. The van der Waals surface area contributed by atoms with E-state index in [2.05, 4.69) is 0 Å². The summed E-state index contributed by atoms with van der Waals surface area (Å²) in [7, 11) is 0. The van der Waals surface area contributed by atoms with Crippen molar-refractivity contribution < 1.29 is 23.5 Å². The number of carbonyl (C=O) groups excluding carboxylic acids is 2. The predicted octanol–water partition coefficient (Wildman–Crippen LogP) is 6.69. The van der Waals surface area contributed by atoms with E-state index < -0.39 is 0 Å². The van der Waals surface area contributed by atoms with Gasteiger partial charge < -0.3 is 9.47 Å². The van der Waals surface area contributed by atoms with Crippen molar-refractivity contribution in [3.05, 3.63) is 99.2 Å². The molecule has 0 N–H and O–H groups in total. The van der Waals surface area contributed by atoms with Crippen LogP contribution in [0.3, 0.4) is 0 Å². The lowest BCUT2D eigenvalue weighted by Crippen LogP contribution is -2.27. The molecule has 34 heavy (non-hydrogen) atoms. The number of rotatable bonds is 8. The first-order valence-corrected chi connectivity index (χ1v) is 11.8. The van der Waals surface area contributed by atoms with Crippen molar-refractivity contribution in [3.8, 4) is 11.5 Å². The highest BCUT2D eigenvalue weighted by Gasteiger charge is 2.35. The molecule has 0 bridgehead atoms. The standard InChI is InChI=1S/C26H21ClFNO4S/c1-2-32-23-13-19(7-12-22(23)33-16-18-5-10-21(28)11-6-18)14-24-25(30)29(26(31)34-24)15-17-3-8-20(27)9-4-17/h3-14H,2,15-16H2,1H3/b24-14-. The summed E-state index contributed by atoms with van der Waals surface area (Å²) in [6.45, 7) is 2.72. The molecule has 0 spiro atoms. The van der Waals surface area contributed by atoms with E-state index in [0.717, 1.165) is 22.9 Å². The minimum absolute atomic E-state index is 0.180. The lowest BCUT2D eigenvalue weighted by molar-refractivity contribution is -0.123. The Morgan fingerprint density at radius 1 is 0.941 bits per heavy atom. The molecular weight excluding hydrogens is 477 g/mol. The van der Waals surface area contributed by atoms with Crippen molar-refractivity contribution >= 4 is 40.6 Å². The van der Waals surface area contributed by atoms with Gasteiger partial charge in [-0.05, 0) is 77.9 Å². The van der Waals surface area contributed by atoms with Crippen molar-refractivity contribution in [1.29, 1.82) is 0 Å². The molecule has 5 nitrogen and oxygen atoms in total. The van der Waals surface area contributed by atoms with E-state index in [1.54, 1.807) is 60.7 Å². The van der Waals surface area contributed by atoms with Crippen molar-refractivity contribution in [3.63, 3.8) is 0 Å². The summed E-state index contributed by atoms with van der Waals surface area (Å²) in [5, 5.41) is 0.267. The van der Waals surface area contributed by atoms with E-state index >= 15 is 0 Å². The average Bonchev–Trinajstić information content (AvgIpc) is 3.08. The molecule has 1 heterocycles. The molecule has 0 aromatic heterocycles. The van der Waals surface area contributed by atoms with Crippen LogP contribution in [-0.4, -0.2) is 22.7 Å². The summed E-state index contributed by atoms with van der Waals surface area (Å²) in [6.07, 6.45) is 1.67. The van der Waals surface area contributed by atoms with Gasteiger partial charge in [-0.25, -0.2) is 4.39 Å². The second kappa shape index (κ2) is 10.8. The van der Waals surface area contributed by atoms with Gasteiger partial charge in [-0.1, -0.05) is 41.9 Å². The molecule has 3 aromatic carbocycles. The summed E-state index contributed by atoms with van der Waals surface area (Å²) < 4.78 is 24.7. The number of halogens is 2. The lowest BCUT2D eigenvalue weighted by atomic mass is 10.1. The first kappa shape index (κ1) is 23.9. The molecule has 3 aromatic rings. The van der Waals surface area contributed by atoms with E-state index in [1.807, 2.05) is 6.92 Å². The normalized spacial score (nSPS) is 14.7. The van der Waals surface area contributed by atoms with E-state index in [1.165, 1.54) is 17.0 Å². The molecule has 4 rings (SSSR count). The van der Waals surface area contributed by atoms with Crippen molar-refractivity contribution in [2.75, 3.05) is 6.61 Å². The van der Waals surface area contributed by atoms with Crippen LogP contribution in [0.1, 0.15) is 23.6 Å². The average molecular weight is 498 g/mol. The molecule has 1 saturated heterocycles. The maximum Gasteiger partial charge on any atom is 0.293 e. The molecule has 0 saturated carbocycles. The van der Waals surface area contributed by atoms with Gasteiger partial charge in [0, 0.05) is 5.02 Å². The zero-order valence-corrected chi connectivity index (χ0v) is 19.9. The van der Waals surface area contributed by atoms with Crippen LogP contribution in [0.5, 0.6) is 11.5 Å². The van der Waals surface area contributed by atoms with Gasteiger partial charge in [-0.15, -0.1) is 0 Å². The van der Waals surface area contributed by atoms with Gasteiger partial charge in [0.25, 0.3) is 11.1 Å². The molecule has 1 fully saturated rings. The minimum Gasteiger partial charge on any atom is -0.490 e. The Morgan fingerprint density at radius 3 is 2.35 bits per heavy atom. The first-order valence-electron chi connectivity index (χ1n) is 10.6. The molecular formula is C26H21ClFNO4S. The summed E-state index contributed by atoms with van der Waals surface area (Å²) in [4.78, 5) is 26.9. The Morgan fingerprint density at radius 2 is 1.65 bits per heavy atom. The van der Waals surface area contributed by atoms with Crippen LogP contribution in [0.2, 0.25) is 5.02 Å². The molecule has 8 heteroatoms. The number of hydrogen-bond donors (Lipinski definition) is 0. The van der Waals surface area contributed by atoms with Gasteiger partial charge in [-0.3, -0.25) is 14.5 Å². The summed E-state index contributed by atoms with van der Waals surface area (Å²) in [5.41, 5.74) is 2.34. The number of hydrogen-bond acceptors (Lipinski definition) is 5. The number of benzene rings is 3. The molecule has 174 valence electrons. The maximum absolute atomic E-state index is 13.1. The zero-order chi connectivity index (χ0) is 24.1. The number of thioether (sulfide) groups is 1. The summed E-state index contributed by atoms with van der Waals surface area (Å²) in [5.74, 6) is 0.387. The van der Waals surface area contributed by atoms with Crippen LogP contribution in [0, 0.1) is 5.82 Å². The Balaban J connectivity index is 1.49. The van der Waals surface area contributed by atoms with Crippen molar-refractivity contribution in [2.24, 2.45) is 0 Å². The van der Waals surface area contributed by atoms with Gasteiger partial charge >= 0.3 is 0 Å². The molecule has 0 atom stereocenters. The van der Waals surface area contributed by atoms with E-state index in [4.69, 9.17) is 21.1 Å². The monoisotopic (exact) mass is 497 g/mol. The third kappa shape index (κ3) is 5.79. The summed E-state index contributed by atoms with van der Waals surface area (Å²) >= 11 is 6.81. The highest BCUT2D eigenvalue weighted by atomic mass is 35.5. The van der Waals surface area contributed by atoms with Crippen LogP contribution in [-0.2, 0) is 17.9 Å². The second-order valence-electron chi connectivity index (χ2n) is 7.45. The van der Waals surface area contributed by atoms with Crippen LogP contribution < -0.4 is 9.47 Å². The van der Waals surface area contributed by atoms with Gasteiger partial charge in [0.1, 0.15) is 12.4 Å². The molecule has 1 aliphatic heterocycles. The van der Waals surface area contributed by atoms with E-state index in [0.29, 0.717) is 33.6 Å². The van der Waals surface area contributed by atoms with Gasteiger partial charge in [0.2, 0.25) is 0 Å². The van der Waals surface area contributed by atoms with Gasteiger partial charge in [0.05, 0.1) is 18.1 Å². The van der Waals surface area contributed by atoms with E-state index in [-0.39, 0.29) is 30.1 Å². The molecule has 0 unspecified atom stereocenters. The zero-order valence-electron chi connectivity index (χ0n) is 18.3. The van der Waals surface area contributed by atoms with Crippen LogP contribution in [0.4, 0.5) is 9.18 Å². The number of nitrogens with zero attached hydrogens (tertiary/aromatic N) is 1. The third-order valence-electron chi connectivity index (χ3n) is 5.00.